The molecule has 1 aromatic carbocycles. The van der Waals surface area contributed by atoms with Gasteiger partial charge in [0, 0.05) is 6.07 Å². The van der Waals surface area contributed by atoms with E-state index in [1.54, 1.807) is 0 Å². The van der Waals surface area contributed by atoms with Gasteiger partial charge in [-0.1, -0.05) is 0 Å². The standard InChI is InChI=1S/C6H4F3NO/c7-2-1-3(11)5(9)6(10)4(2)8/h1,11H,10H2. The van der Waals surface area contributed by atoms with E-state index in [0.717, 1.165) is 0 Å². The third-order valence-electron chi connectivity index (χ3n) is 1.17. The zero-order valence-corrected chi connectivity index (χ0v) is 5.24. The van der Waals surface area contributed by atoms with Crippen molar-refractivity contribution in [3.05, 3.63) is 23.5 Å². The molecule has 0 aliphatic heterocycles. The van der Waals surface area contributed by atoms with Crippen molar-refractivity contribution < 1.29 is 18.3 Å². The Balaban J connectivity index is 3.46. The molecule has 0 aliphatic rings. The van der Waals surface area contributed by atoms with E-state index in [4.69, 9.17) is 10.8 Å². The van der Waals surface area contributed by atoms with Crippen molar-refractivity contribution in [2.75, 3.05) is 5.73 Å². The highest BCUT2D eigenvalue weighted by molar-refractivity contribution is 5.47. The summed E-state index contributed by atoms with van der Waals surface area (Å²) in [5.41, 5.74) is 3.72. The van der Waals surface area contributed by atoms with E-state index < -0.39 is 28.9 Å². The molecule has 0 fully saturated rings. The fourth-order valence-electron chi connectivity index (χ4n) is 0.610. The number of rotatable bonds is 0. The summed E-state index contributed by atoms with van der Waals surface area (Å²) in [7, 11) is 0. The van der Waals surface area contributed by atoms with Gasteiger partial charge in [0.2, 0.25) is 0 Å². The van der Waals surface area contributed by atoms with Gasteiger partial charge in [-0.05, 0) is 0 Å². The van der Waals surface area contributed by atoms with Crippen molar-refractivity contribution in [3.63, 3.8) is 0 Å². The molecule has 0 bridgehead atoms. The summed E-state index contributed by atoms with van der Waals surface area (Å²) < 4.78 is 36.9. The Kier molecular flexibility index (Phi) is 1.64. The van der Waals surface area contributed by atoms with Crippen molar-refractivity contribution >= 4 is 5.69 Å². The number of phenols is 1. The molecular weight excluding hydrogens is 159 g/mol. The summed E-state index contributed by atoms with van der Waals surface area (Å²) in [5, 5.41) is 8.54. The molecule has 0 spiro atoms. The van der Waals surface area contributed by atoms with Crippen LogP contribution in [0.3, 0.4) is 0 Å². The molecule has 0 amide bonds. The van der Waals surface area contributed by atoms with E-state index in [0.29, 0.717) is 6.07 Å². The van der Waals surface area contributed by atoms with E-state index in [9.17, 15) is 13.2 Å². The highest BCUT2D eigenvalue weighted by Gasteiger charge is 2.14. The first-order chi connectivity index (χ1) is 5.04. The smallest absolute Gasteiger partial charge is 0.190 e. The molecule has 60 valence electrons. The lowest BCUT2D eigenvalue weighted by molar-refractivity contribution is 0.416. The molecule has 11 heavy (non-hydrogen) atoms. The van der Waals surface area contributed by atoms with E-state index in [1.165, 1.54) is 0 Å². The summed E-state index contributed by atoms with van der Waals surface area (Å²) in [4.78, 5) is 0. The average Bonchev–Trinajstić information content (AvgIpc) is 1.97. The molecule has 0 unspecified atom stereocenters. The second-order valence-corrected chi connectivity index (χ2v) is 1.92. The zero-order chi connectivity index (χ0) is 8.59. The van der Waals surface area contributed by atoms with Gasteiger partial charge in [0.05, 0.1) is 0 Å². The van der Waals surface area contributed by atoms with Crippen LogP contribution in [-0.4, -0.2) is 5.11 Å². The lowest BCUT2D eigenvalue weighted by Crippen LogP contribution is -1.98. The molecule has 5 heteroatoms. The van der Waals surface area contributed by atoms with E-state index >= 15 is 0 Å². The number of hydrogen-bond acceptors (Lipinski definition) is 2. The minimum atomic E-state index is -1.49. The molecule has 0 saturated carbocycles. The zero-order valence-electron chi connectivity index (χ0n) is 5.24. The van der Waals surface area contributed by atoms with Gasteiger partial charge in [0.25, 0.3) is 0 Å². The molecule has 3 N–H and O–H groups in total. The second-order valence-electron chi connectivity index (χ2n) is 1.92. The normalized spacial score (nSPS) is 10.1. The molecule has 0 atom stereocenters. The Morgan fingerprint density at radius 2 is 1.73 bits per heavy atom. The third kappa shape index (κ3) is 1.09. The first kappa shape index (κ1) is 7.71. The SMILES string of the molecule is Nc1c(F)c(O)cc(F)c1F. The Labute approximate surface area is 60.1 Å². The average molecular weight is 163 g/mol. The maximum Gasteiger partial charge on any atom is 0.190 e. The Morgan fingerprint density at radius 3 is 2.27 bits per heavy atom. The summed E-state index contributed by atoms with van der Waals surface area (Å²) >= 11 is 0. The summed E-state index contributed by atoms with van der Waals surface area (Å²) in [6.07, 6.45) is 0. The molecular formula is C6H4F3NO. The number of halogens is 3. The van der Waals surface area contributed by atoms with Crippen LogP contribution >= 0.6 is 0 Å². The van der Waals surface area contributed by atoms with Gasteiger partial charge in [0.1, 0.15) is 5.69 Å². The summed E-state index contributed by atoms with van der Waals surface area (Å²) in [6, 6.07) is 0.320. The predicted octanol–water partition coefficient (Wildman–Crippen LogP) is 1.39. The molecule has 2 nitrogen and oxygen atoms in total. The maximum atomic E-state index is 12.4. The van der Waals surface area contributed by atoms with Gasteiger partial charge in [-0.3, -0.25) is 0 Å². The summed E-state index contributed by atoms with van der Waals surface area (Å²) in [5.74, 6) is -5.20. The number of nitrogens with two attached hydrogens (primary N) is 1. The Bertz CT molecular complexity index is 274. The number of benzene rings is 1. The van der Waals surface area contributed by atoms with Gasteiger partial charge in [-0.2, -0.15) is 0 Å². The number of anilines is 1. The largest absolute Gasteiger partial charge is 0.505 e. The molecule has 0 saturated heterocycles. The van der Waals surface area contributed by atoms with Crippen LogP contribution in [-0.2, 0) is 0 Å². The quantitative estimate of drug-likeness (QED) is 0.448. The van der Waals surface area contributed by atoms with Crippen molar-refractivity contribution in [2.45, 2.75) is 0 Å². The van der Waals surface area contributed by atoms with Crippen LogP contribution in [0.15, 0.2) is 6.07 Å². The fourth-order valence-corrected chi connectivity index (χ4v) is 0.610. The molecule has 0 aliphatic carbocycles. The Morgan fingerprint density at radius 1 is 1.18 bits per heavy atom. The third-order valence-corrected chi connectivity index (χ3v) is 1.17. The number of nitrogen functional groups attached to an aromatic ring is 1. The van der Waals surface area contributed by atoms with Crippen molar-refractivity contribution in [1.82, 2.24) is 0 Å². The monoisotopic (exact) mass is 163 g/mol. The number of aromatic hydroxyl groups is 1. The van der Waals surface area contributed by atoms with E-state index in [2.05, 4.69) is 0 Å². The first-order valence-corrected chi connectivity index (χ1v) is 2.66. The van der Waals surface area contributed by atoms with Crippen molar-refractivity contribution in [1.29, 1.82) is 0 Å². The highest BCUT2D eigenvalue weighted by atomic mass is 19.2. The highest BCUT2D eigenvalue weighted by Crippen LogP contribution is 2.25. The second kappa shape index (κ2) is 2.34. The molecule has 0 aromatic heterocycles. The van der Waals surface area contributed by atoms with Gasteiger partial charge in [-0.15, -0.1) is 0 Å². The topological polar surface area (TPSA) is 46.2 Å². The fraction of sp³-hybridized carbons (Fsp3) is 0. The van der Waals surface area contributed by atoms with Crippen LogP contribution in [0.2, 0.25) is 0 Å². The van der Waals surface area contributed by atoms with E-state index in [1.807, 2.05) is 0 Å². The van der Waals surface area contributed by atoms with Gasteiger partial charge in [-0.25, -0.2) is 13.2 Å². The summed E-state index contributed by atoms with van der Waals surface area (Å²) in [6.45, 7) is 0. The molecule has 0 radical (unpaired) electrons. The lowest BCUT2D eigenvalue weighted by atomic mass is 10.2. The first-order valence-electron chi connectivity index (χ1n) is 2.66. The van der Waals surface area contributed by atoms with Crippen molar-refractivity contribution in [3.8, 4) is 5.75 Å². The predicted molar refractivity (Wildman–Crippen MR) is 32.4 cm³/mol. The lowest BCUT2D eigenvalue weighted by Gasteiger charge is -2.00. The minimum Gasteiger partial charge on any atom is -0.505 e. The van der Waals surface area contributed by atoms with Crippen LogP contribution < -0.4 is 5.73 Å². The van der Waals surface area contributed by atoms with E-state index in [-0.39, 0.29) is 0 Å². The minimum absolute atomic E-state index is 0.320. The van der Waals surface area contributed by atoms with Gasteiger partial charge >= 0.3 is 0 Å². The maximum absolute atomic E-state index is 12.4. The van der Waals surface area contributed by atoms with Gasteiger partial charge < -0.3 is 10.8 Å². The number of phenolic OH excluding ortho intramolecular Hbond substituents is 1. The van der Waals surface area contributed by atoms with Crippen LogP contribution in [0.1, 0.15) is 0 Å². The van der Waals surface area contributed by atoms with Gasteiger partial charge in [0.15, 0.2) is 23.2 Å². The Hall–Kier alpha value is -1.39. The molecule has 0 heterocycles. The van der Waals surface area contributed by atoms with Crippen LogP contribution in [0.25, 0.3) is 0 Å². The van der Waals surface area contributed by atoms with Crippen LogP contribution in [0.5, 0.6) is 5.75 Å². The van der Waals surface area contributed by atoms with Crippen molar-refractivity contribution in [2.24, 2.45) is 0 Å². The van der Waals surface area contributed by atoms with Crippen LogP contribution in [0, 0.1) is 17.5 Å². The number of hydrogen-bond donors (Lipinski definition) is 2. The molecule has 1 aromatic rings. The molecule has 1 rings (SSSR count). The van der Waals surface area contributed by atoms with Crippen LogP contribution in [0.4, 0.5) is 18.9 Å².